The maximum atomic E-state index is 11.8. The third-order valence-electron chi connectivity index (χ3n) is 4.57. The molecule has 0 aromatic heterocycles. The van der Waals surface area contributed by atoms with E-state index in [0.29, 0.717) is 6.42 Å². The van der Waals surface area contributed by atoms with Gasteiger partial charge in [-0.05, 0) is 42.9 Å². The Labute approximate surface area is 128 Å². The van der Waals surface area contributed by atoms with Gasteiger partial charge in [0.05, 0.1) is 5.25 Å². The summed E-state index contributed by atoms with van der Waals surface area (Å²) in [6, 6.07) is 8.16. The highest BCUT2D eigenvalue weighted by molar-refractivity contribution is 7.91. The fourth-order valence-corrected chi connectivity index (χ4v) is 4.35. The van der Waals surface area contributed by atoms with Crippen LogP contribution in [0.1, 0.15) is 37.3 Å². The Balaban J connectivity index is 2.10. The van der Waals surface area contributed by atoms with Crippen LogP contribution in [0.2, 0.25) is 0 Å². The first-order valence-electron chi connectivity index (χ1n) is 7.51. The maximum absolute atomic E-state index is 11.8. The number of nitrogens with two attached hydrogens (primary N) is 1. The van der Waals surface area contributed by atoms with Crippen molar-refractivity contribution < 1.29 is 8.42 Å². The van der Waals surface area contributed by atoms with E-state index in [-0.39, 0.29) is 17.2 Å². The zero-order valence-electron chi connectivity index (χ0n) is 13.1. The summed E-state index contributed by atoms with van der Waals surface area (Å²) in [4.78, 5) is 2.05. The average Bonchev–Trinajstić information content (AvgIpc) is 2.46. The molecule has 1 aliphatic carbocycles. The van der Waals surface area contributed by atoms with Crippen LogP contribution >= 0.6 is 0 Å². The molecule has 0 saturated heterocycles. The van der Waals surface area contributed by atoms with Crippen molar-refractivity contribution in [2.75, 3.05) is 25.3 Å². The first kappa shape index (κ1) is 16.3. The summed E-state index contributed by atoms with van der Waals surface area (Å²) >= 11 is 0. The van der Waals surface area contributed by atoms with E-state index in [4.69, 9.17) is 5.73 Å². The molecular weight excluding hydrogens is 284 g/mol. The highest BCUT2D eigenvalue weighted by Gasteiger charge is 2.32. The van der Waals surface area contributed by atoms with E-state index in [9.17, 15) is 8.42 Å². The predicted molar refractivity (Wildman–Crippen MR) is 88.3 cm³/mol. The monoisotopic (exact) mass is 310 g/mol. The van der Waals surface area contributed by atoms with E-state index in [2.05, 4.69) is 29.2 Å². The Kier molecular flexibility index (Phi) is 4.94. The SMILES string of the molecule is CN(C)c1ccc(C(N)C2CCCC(S(C)(=O)=O)C2)cc1. The molecule has 0 spiro atoms. The molecule has 1 aliphatic rings. The molecule has 3 unspecified atom stereocenters. The zero-order chi connectivity index (χ0) is 15.6. The largest absolute Gasteiger partial charge is 0.378 e. The van der Waals surface area contributed by atoms with Crippen LogP contribution in [-0.4, -0.2) is 34.0 Å². The topological polar surface area (TPSA) is 63.4 Å². The molecule has 3 atom stereocenters. The Bertz CT molecular complexity index is 566. The van der Waals surface area contributed by atoms with Crippen LogP contribution in [-0.2, 0) is 9.84 Å². The molecule has 1 saturated carbocycles. The lowest BCUT2D eigenvalue weighted by molar-refractivity contribution is 0.309. The second-order valence-electron chi connectivity index (χ2n) is 6.39. The van der Waals surface area contributed by atoms with Gasteiger partial charge in [0.25, 0.3) is 0 Å². The van der Waals surface area contributed by atoms with E-state index in [1.54, 1.807) is 0 Å². The zero-order valence-corrected chi connectivity index (χ0v) is 13.9. The normalized spacial score (nSPS) is 24.6. The van der Waals surface area contributed by atoms with Crippen LogP contribution in [0, 0.1) is 5.92 Å². The Morgan fingerprint density at radius 2 is 1.81 bits per heavy atom. The number of hydrogen-bond acceptors (Lipinski definition) is 4. The Hall–Kier alpha value is -1.07. The van der Waals surface area contributed by atoms with E-state index in [0.717, 1.165) is 30.5 Å². The van der Waals surface area contributed by atoms with Crippen LogP contribution in [0.4, 0.5) is 5.69 Å². The average molecular weight is 310 g/mol. The standard InChI is InChI=1S/C16H26N2O2S/c1-18(2)14-9-7-12(8-10-14)16(17)13-5-4-6-15(11-13)21(3,19)20/h7-10,13,15-16H,4-6,11,17H2,1-3H3. The first-order valence-corrected chi connectivity index (χ1v) is 9.46. The molecule has 0 amide bonds. The van der Waals surface area contributed by atoms with Crippen molar-refractivity contribution in [3.8, 4) is 0 Å². The molecule has 118 valence electrons. The minimum absolute atomic E-state index is 0.0780. The summed E-state index contributed by atoms with van der Waals surface area (Å²) < 4.78 is 23.5. The third kappa shape index (κ3) is 3.98. The van der Waals surface area contributed by atoms with Gasteiger partial charge < -0.3 is 10.6 Å². The summed E-state index contributed by atoms with van der Waals surface area (Å²) in [6.07, 6.45) is 4.78. The summed E-state index contributed by atoms with van der Waals surface area (Å²) in [6.45, 7) is 0. The molecule has 2 rings (SSSR count). The quantitative estimate of drug-likeness (QED) is 0.927. The molecule has 5 heteroatoms. The van der Waals surface area contributed by atoms with E-state index < -0.39 is 9.84 Å². The lowest BCUT2D eigenvalue weighted by atomic mass is 9.81. The van der Waals surface area contributed by atoms with Gasteiger partial charge >= 0.3 is 0 Å². The lowest BCUT2D eigenvalue weighted by Crippen LogP contribution is -2.33. The molecule has 4 nitrogen and oxygen atoms in total. The second-order valence-corrected chi connectivity index (χ2v) is 8.72. The molecule has 0 heterocycles. The molecule has 0 bridgehead atoms. The van der Waals surface area contributed by atoms with Crippen molar-refractivity contribution >= 4 is 15.5 Å². The molecule has 1 aromatic rings. The van der Waals surface area contributed by atoms with Crippen LogP contribution in [0.3, 0.4) is 0 Å². The molecule has 0 radical (unpaired) electrons. The van der Waals surface area contributed by atoms with Gasteiger partial charge in [0.2, 0.25) is 0 Å². The minimum Gasteiger partial charge on any atom is -0.378 e. The van der Waals surface area contributed by atoms with Gasteiger partial charge in [-0.1, -0.05) is 18.6 Å². The Morgan fingerprint density at radius 1 is 1.19 bits per heavy atom. The first-order chi connectivity index (χ1) is 9.79. The molecule has 1 fully saturated rings. The van der Waals surface area contributed by atoms with Gasteiger partial charge in [-0.2, -0.15) is 0 Å². The van der Waals surface area contributed by atoms with Gasteiger partial charge in [0, 0.05) is 32.1 Å². The lowest BCUT2D eigenvalue weighted by Gasteiger charge is -2.32. The smallest absolute Gasteiger partial charge is 0.150 e. The van der Waals surface area contributed by atoms with Crippen molar-refractivity contribution in [3.63, 3.8) is 0 Å². The molecule has 0 aliphatic heterocycles. The number of nitrogens with zero attached hydrogens (tertiary/aromatic N) is 1. The molecule has 21 heavy (non-hydrogen) atoms. The fourth-order valence-electron chi connectivity index (χ4n) is 3.16. The van der Waals surface area contributed by atoms with Gasteiger partial charge in [-0.15, -0.1) is 0 Å². The molecule has 1 aromatic carbocycles. The van der Waals surface area contributed by atoms with Crippen LogP contribution < -0.4 is 10.6 Å². The van der Waals surface area contributed by atoms with Gasteiger partial charge in [0.1, 0.15) is 9.84 Å². The van der Waals surface area contributed by atoms with Gasteiger partial charge in [0.15, 0.2) is 0 Å². The number of benzene rings is 1. The summed E-state index contributed by atoms with van der Waals surface area (Å²) in [5.74, 6) is 0.253. The van der Waals surface area contributed by atoms with Crippen molar-refractivity contribution in [1.82, 2.24) is 0 Å². The number of sulfone groups is 1. The van der Waals surface area contributed by atoms with E-state index in [1.807, 2.05) is 14.1 Å². The number of hydrogen-bond donors (Lipinski definition) is 1. The molecular formula is C16H26N2O2S. The third-order valence-corrected chi connectivity index (χ3v) is 6.21. The summed E-state index contributed by atoms with van der Waals surface area (Å²) in [5.41, 5.74) is 8.63. The van der Waals surface area contributed by atoms with Gasteiger partial charge in [-0.25, -0.2) is 8.42 Å². The van der Waals surface area contributed by atoms with E-state index in [1.165, 1.54) is 6.26 Å². The van der Waals surface area contributed by atoms with E-state index >= 15 is 0 Å². The van der Waals surface area contributed by atoms with Crippen LogP contribution in [0.5, 0.6) is 0 Å². The number of rotatable bonds is 4. The molecule has 2 N–H and O–H groups in total. The number of anilines is 1. The predicted octanol–water partition coefficient (Wildman–Crippen LogP) is 2.36. The highest BCUT2D eigenvalue weighted by Crippen LogP contribution is 2.35. The Morgan fingerprint density at radius 3 is 2.33 bits per heavy atom. The summed E-state index contributed by atoms with van der Waals surface area (Å²) in [7, 11) is 1.06. The van der Waals surface area contributed by atoms with Crippen LogP contribution in [0.15, 0.2) is 24.3 Å². The van der Waals surface area contributed by atoms with Crippen molar-refractivity contribution in [3.05, 3.63) is 29.8 Å². The van der Waals surface area contributed by atoms with Gasteiger partial charge in [-0.3, -0.25) is 0 Å². The maximum Gasteiger partial charge on any atom is 0.150 e. The van der Waals surface area contributed by atoms with Crippen molar-refractivity contribution in [1.29, 1.82) is 0 Å². The summed E-state index contributed by atoms with van der Waals surface area (Å²) in [5, 5.41) is -0.219. The fraction of sp³-hybridized carbons (Fsp3) is 0.625. The minimum atomic E-state index is -2.95. The van der Waals surface area contributed by atoms with Crippen molar-refractivity contribution in [2.45, 2.75) is 37.0 Å². The highest BCUT2D eigenvalue weighted by atomic mass is 32.2. The second kappa shape index (κ2) is 6.36. The van der Waals surface area contributed by atoms with Crippen LogP contribution in [0.25, 0.3) is 0 Å². The van der Waals surface area contributed by atoms with Crippen molar-refractivity contribution in [2.24, 2.45) is 11.7 Å².